The molecular weight excluding hydrogens is 692 g/mol. The van der Waals surface area contributed by atoms with Crippen LogP contribution in [0.15, 0.2) is 91.0 Å². The first-order chi connectivity index (χ1) is 25.3. The van der Waals surface area contributed by atoms with Gasteiger partial charge in [-0.15, -0.1) is 0 Å². The number of hydrogen-bond donors (Lipinski definition) is 8. The molecule has 0 saturated heterocycles. The number of allylic oxidation sites excluding steroid dienone is 1. The lowest BCUT2D eigenvalue weighted by atomic mass is 9.93. The smallest absolute Gasteiger partial charge is 0.338 e. The van der Waals surface area contributed by atoms with Crippen LogP contribution in [0.4, 0.5) is 0 Å². The van der Waals surface area contributed by atoms with Crippen molar-refractivity contribution in [2.24, 2.45) is 0 Å². The Morgan fingerprint density at radius 1 is 0.717 bits per heavy atom. The van der Waals surface area contributed by atoms with Crippen molar-refractivity contribution in [3.8, 4) is 63.2 Å². The number of esters is 1. The molecule has 14 heteroatoms. The average Bonchev–Trinajstić information content (AvgIpc) is 3.14. The Bertz CT molecular complexity index is 2150. The quantitative estimate of drug-likeness (QED) is 0.0407. The Hall–Kier alpha value is -7.22. The number of fused-ring (bicyclic) bond motifs is 1. The molecule has 1 heterocycles. The lowest BCUT2D eigenvalue weighted by Crippen LogP contribution is -2.34. The number of benzene rings is 5. The minimum absolute atomic E-state index is 0.0461. The molecule has 0 aromatic heterocycles. The molecule has 8 N–H and O–H groups in total. The number of methoxy groups -OCH3 is 2. The highest BCUT2D eigenvalue weighted by Crippen LogP contribution is 2.44. The molecule has 2 atom stereocenters. The SMILES string of the molecule is COc1cc(O)c(C(=O)C=Cc2ccccc2)c(OC)c1.O=C(OC1Cc2c(O)cc(O)cc2OC1c1ccc(O)c(O)c1)c1cc(O)c(O)c(O)c1. The van der Waals surface area contributed by atoms with E-state index in [1.807, 2.05) is 30.3 Å². The molecular formula is C39H34O14. The summed E-state index contributed by atoms with van der Waals surface area (Å²) in [5.74, 6) is -4.24. The molecule has 0 saturated carbocycles. The Balaban J connectivity index is 0.000000224. The van der Waals surface area contributed by atoms with Gasteiger partial charge in [-0.2, -0.15) is 0 Å². The Labute approximate surface area is 301 Å². The largest absolute Gasteiger partial charge is 0.508 e. The van der Waals surface area contributed by atoms with Gasteiger partial charge >= 0.3 is 5.97 Å². The van der Waals surface area contributed by atoms with Gasteiger partial charge in [-0.05, 0) is 35.9 Å². The highest BCUT2D eigenvalue weighted by atomic mass is 16.6. The first-order valence-electron chi connectivity index (χ1n) is 15.7. The molecule has 0 bridgehead atoms. The van der Waals surface area contributed by atoms with Gasteiger partial charge in [0.2, 0.25) is 0 Å². The van der Waals surface area contributed by atoms with E-state index < -0.39 is 41.2 Å². The van der Waals surface area contributed by atoms with Crippen molar-refractivity contribution >= 4 is 17.8 Å². The monoisotopic (exact) mass is 726 g/mol. The Morgan fingerprint density at radius 3 is 2.06 bits per heavy atom. The lowest BCUT2D eigenvalue weighted by molar-refractivity contribution is -0.0189. The Kier molecular flexibility index (Phi) is 11.0. The van der Waals surface area contributed by atoms with Crippen molar-refractivity contribution < 1.29 is 69.4 Å². The van der Waals surface area contributed by atoms with Crippen LogP contribution in [0.25, 0.3) is 6.08 Å². The summed E-state index contributed by atoms with van der Waals surface area (Å²) in [7, 11) is 2.91. The molecule has 1 aliphatic heterocycles. The van der Waals surface area contributed by atoms with E-state index >= 15 is 0 Å². The minimum atomic E-state index is -1.06. The molecule has 2 unspecified atom stereocenters. The molecule has 5 aromatic rings. The summed E-state index contributed by atoms with van der Waals surface area (Å²) in [4.78, 5) is 25.0. The summed E-state index contributed by atoms with van der Waals surface area (Å²) in [6, 6.07) is 20.4. The van der Waals surface area contributed by atoms with E-state index in [9.17, 15) is 50.4 Å². The number of aromatic hydroxyl groups is 8. The van der Waals surface area contributed by atoms with Crippen LogP contribution in [-0.4, -0.2) is 72.9 Å². The predicted molar refractivity (Wildman–Crippen MR) is 188 cm³/mol. The molecule has 14 nitrogen and oxygen atoms in total. The van der Waals surface area contributed by atoms with Gasteiger partial charge in [-0.25, -0.2) is 4.79 Å². The van der Waals surface area contributed by atoms with Gasteiger partial charge in [0.25, 0.3) is 0 Å². The first kappa shape index (κ1) is 37.0. The number of phenolic OH excluding ortho intramolecular Hbond substituents is 8. The van der Waals surface area contributed by atoms with Crippen LogP contribution in [-0.2, 0) is 11.2 Å². The summed E-state index contributed by atoms with van der Waals surface area (Å²) in [5.41, 5.74) is 1.34. The van der Waals surface area contributed by atoms with E-state index in [1.54, 1.807) is 12.1 Å². The molecule has 53 heavy (non-hydrogen) atoms. The number of ketones is 1. The van der Waals surface area contributed by atoms with Gasteiger partial charge in [-0.1, -0.05) is 42.5 Å². The zero-order valence-electron chi connectivity index (χ0n) is 28.1. The molecule has 6 rings (SSSR count). The van der Waals surface area contributed by atoms with Crippen LogP contribution in [0.5, 0.6) is 63.2 Å². The summed E-state index contributed by atoms with van der Waals surface area (Å²) >= 11 is 0. The molecule has 0 amide bonds. The zero-order valence-corrected chi connectivity index (χ0v) is 28.1. The number of phenols is 8. The van der Waals surface area contributed by atoms with Crippen molar-refractivity contribution in [3.05, 3.63) is 119 Å². The topological polar surface area (TPSA) is 233 Å². The fourth-order valence-electron chi connectivity index (χ4n) is 5.40. The second-order valence-electron chi connectivity index (χ2n) is 11.6. The van der Waals surface area contributed by atoms with Crippen LogP contribution in [0.3, 0.4) is 0 Å². The summed E-state index contributed by atoms with van der Waals surface area (Å²) in [5, 5.41) is 78.2. The predicted octanol–water partition coefficient (Wildman–Crippen LogP) is 5.83. The number of rotatable bonds is 8. The van der Waals surface area contributed by atoms with Gasteiger partial charge < -0.3 is 59.8 Å². The summed E-state index contributed by atoms with van der Waals surface area (Å²) in [6.07, 6.45) is 0.964. The number of carbonyl (C=O) groups excluding carboxylic acids is 2. The van der Waals surface area contributed by atoms with Crippen molar-refractivity contribution in [1.29, 1.82) is 0 Å². The molecule has 5 aromatic carbocycles. The maximum absolute atomic E-state index is 12.7. The van der Waals surface area contributed by atoms with Gasteiger partial charge in [-0.3, -0.25) is 4.79 Å². The van der Waals surface area contributed by atoms with Crippen molar-refractivity contribution in [2.45, 2.75) is 18.6 Å². The lowest BCUT2D eigenvalue weighted by Gasteiger charge is -2.34. The number of hydrogen-bond acceptors (Lipinski definition) is 14. The molecule has 0 aliphatic carbocycles. The third-order valence-corrected chi connectivity index (χ3v) is 8.04. The van der Waals surface area contributed by atoms with E-state index in [2.05, 4.69) is 0 Å². The van der Waals surface area contributed by atoms with Crippen molar-refractivity contribution in [2.75, 3.05) is 14.2 Å². The molecule has 0 radical (unpaired) electrons. The second-order valence-corrected chi connectivity index (χ2v) is 11.6. The highest BCUT2D eigenvalue weighted by Gasteiger charge is 2.37. The second kappa shape index (κ2) is 15.8. The standard InChI is InChI=1S/C22H18O10.C17H16O4/c23-11-6-14(25)12-8-19(32-22(30)10-4-16(27)20(29)17(28)5-10)21(31-18(12)7-11)9-1-2-13(24)15(26)3-9;1-20-13-10-15(19)17(16(11-13)21-2)14(18)9-8-12-6-4-3-5-7-12/h1-7,19,21,23-29H,8H2;3-11,19H,1-2H3. The summed E-state index contributed by atoms with van der Waals surface area (Å²) < 4.78 is 21.6. The number of carbonyl (C=O) groups is 2. The van der Waals surface area contributed by atoms with Crippen LogP contribution in [0.1, 0.15) is 43.5 Å². The van der Waals surface area contributed by atoms with E-state index in [1.165, 1.54) is 50.6 Å². The van der Waals surface area contributed by atoms with Crippen LogP contribution in [0.2, 0.25) is 0 Å². The Morgan fingerprint density at radius 2 is 1.42 bits per heavy atom. The molecule has 0 spiro atoms. The van der Waals surface area contributed by atoms with Crippen LogP contribution in [0, 0.1) is 0 Å². The molecule has 1 aliphatic rings. The van der Waals surface area contributed by atoms with Gasteiger partial charge in [0.15, 0.2) is 40.6 Å². The van der Waals surface area contributed by atoms with Gasteiger partial charge in [0, 0.05) is 41.8 Å². The van der Waals surface area contributed by atoms with Gasteiger partial charge in [0.1, 0.15) is 46.2 Å². The first-order valence-corrected chi connectivity index (χ1v) is 15.7. The molecule has 0 fully saturated rings. The van der Waals surface area contributed by atoms with E-state index in [-0.39, 0.29) is 63.4 Å². The zero-order chi connectivity index (χ0) is 38.4. The highest BCUT2D eigenvalue weighted by molar-refractivity contribution is 6.10. The third kappa shape index (κ3) is 8.40. The van der Waals surface area contributed by atoms with Crippen molar-refractivity contribution in [3.63, 3.8) is 0 Å². The van der Waals surface area contributed by atoms with Gasteiger partial charge in [0.05, 0.1) is 19.8 Å². The molecule has 274 valence electrons. The van der Waals surface area contributed by atoms with Crippen molar-refractivity contribution in [1.82, 2.24) is 0 Å². The summed E-state index contributed by atoms with van der Waals surface area (Å²) in [6.45, 7) is 0. The average molecular weight is 727 g/mol. The van der Waals surface area contributed by atoms with Crippen LogP contribution < -0.4 is 14.2 Å². The fourth-order valence-corrected chi connectivity index (χ4v) is 5.40. The third-order valence-electron chi connectivity index (χ3n) is 8.04. The van der Waals surface area contributed by atoms with E-state index in [0.29, 0.717) is 11.3 Å². The number of ether oxygens (including phenoxy) is 4. The van der Waals surface area contributed by atoms with Crippen LogP contribution >= 0.6 is 0 Å². The minimum Gasteiger partial charge on any atom is -0.508 e. The normalized spacial score (nSPS) is 14.6. The maximum atomic E-state index is 12.7. The van der Waals surface area contributed by atoms with E-state index in [0.717, 1.165) is 23.8 Å². The maximum Gasteiger partial charge on any atom is 0.338 e. The fraction of sp³-hybridized carbons (Fsp3) is 0.128. The van der Waals surface area contributed by atoms with E-state index in [4.69, 9.17) is 18.9 Å².